The van der Waals surface area contributed by atoms with Crippen molar-refractivity contribution in [2.45, 2.75) is 42.6 Å². The van der Waals surface area contributed by atoms with Gasteiger partial charge in [0.1, 0.15) is 0 Å². The van der Waals surface area contributed by atoms with Crippen molar-refractivity contribution in [2.24, 2.45) is 0 Å². The van der Waals surface area contributed by atoms with Crippen molar-refractivity contribution < 1.29 is 13.2 Å². The Bertz CT molecular complexity index is 386. The Morgan fingerprint density at radius 3 is 2.47 bits per heavy atom. The number of hydrogen-bond acceptors (Lipinski definition) is 0. The molecule has 0 amide bonds. The van der Waals surface area contributed by atoms with E-state index in [4.69, 9.17) is 0 Å². The molecule has 0 saturated heterocycles. The highest BCUT2D eigenvalue weighted by Crippen LogP contribution is 2.41. The maximum absolute atomic E-state index is 12.9. The fraction of sp³-hybridized carbons (Fsp3) is 0.538. The summed E-state index contributed by atoms with van der Waals surface area (Å²) >= 11 is 3.52. The Morgan fingerprint density at radius 1 is 1.12 bits per heavy atom. The molecule has 0 radical (unpaired) electrons. The zero-order valence-corrected chi connectivity index (χ0v) is 10.9. The fourth-order valence-electron chi connectivity index (χ4n) is 2.52. The third-order valence-corrected chi connectivity index (χ3v) is 4.15. The first-order valence-electron chi connectivity index (χ1n) is 5.78. The van der Waals surface area contributed by atoms with E-state index in [0.29, 0.717) is 10.4 Å². The Morgan fingerprint density at radius 2 is 1.82 bits per heavy atom. The summed E-state index contributed by atoms with van der Waals surface area (Å²) in [6, 6.07) is 5.97. The summed E-state index contributed by atoms with van der Waals surface area (Å²) in [6.07, 6.45) is -0.532. The molecule has 1 fully saturated rings. The van der Waals surface area contributed by atoms with E-state index in [-0.39, 0.29) is 5.92 Å². The minimum atomic E-state index is -4.24. The molecule has 1 saturated carbocycles. The van der Waals surface area contributed by atoms with Gasteiger partial charge >= 0.3 is 6.18 Å². The van der Waals surface area contributed by atoms with Crippen molar-refractivity contribution in [3.63, 3.8) is 0 Å². The molecule has 0 aromatic heterocycles. The highest BCUT2D eigenvalue weighted by Gasteiger charge is 2.35. The van der Waals surface area contributed by atoms with Crippen LogP contribution in [0.3, 0.4) is 0 Å². The smallest absolute Gasteiger partial charge is 0.166 e. The van der Waals surface area contributed by atoms with Crippen molar-refractivity contribution in [3.05, 3.63) is 35.4 Å². The van der Waals surface area contributed by atoms with Crippen molar-refractivity contribution >= 4 is 15.9 Å². The molecule has 4 heteroatoms. The number of alkyl halides is 4. The molecular formula is C13H14BrF3. The average Bonchev–Trinajstić information content (AvgIpc) is 2.28. The molecule has 2 rings (SSSR count). The number of rotatable bonds is 1. The average molecular weight is 307 g/mol. The van der Waals surface area contributed by atoms with Gasteiger partial charge in [0.25, 0.3) is 0 Å². The maximum Gasteiger partial charge on any atom is 0.416 e. The van der Waals surface area contributed by atoms with Crippen LogP contribution in [-0.2, 0) is 6.18 Å². The maximum atomic E-state index is 12.9. The van der Waals surface area contributed by atoms with E-state index in [0.717, 1.165) is 25.7 Å². The summed E-state index contributed by atoms with van der Waals surface area (Å²) in [5.41, 5.74) is -0.00394. The Labute approximate surface area is 107 Å². The van der Waals surface area contributed by atoms with E-state index in [2.05, 4.69) is 15.9 Å². The molecule has 0 N–H and O–H groups in total. The van der Waals surface area contributed by atoms with Crippen LogP contribution in [0.5, 0.6) is 0 Å². The first-order valence-corrected chi connectivity index (χ1v) is 6.70. The molecule has 0 spiro atoms. The predicted octanol–water partition coefficient (Wildman–Crippen LogP) is 5.13. The van der Waals surface area contributed by atoms with E-state index in [1.165, 1.54) is 12.1 Å². The third kappa shape index (κ3) is 3.03. The molecule has 1 aliphatic carbocycles. The molecule has 0 nitrogen and oxygen atoms in total. The first kappa shape index (κ1) is 12.9. The monoisotopic (exact) mass is 306 g/mol. The standard InChI is InChI=1S/C13H14BrF3/c14-10-5-3-4-9(8-10)11-6-1-2-7-12(11)13(15,16)17/h1-2,6-7,9-10H,3-5,8H2. The van der Waals surface area contributed by atoms with Crippen LogP contribution >= 0.6 is 15.9 Å². The molecule has 2 atom stereocenters. The van der Waals surface area contributed by atoms with Crippen LogP contribution in [0.4, 0.5) is 13.2 Å². The zero-order valence-electron chi connectivity index (χ0n) is 9.30. The van der Waals surface area contributed by atoms with Gasteiger partial charge in [0.05, 0.1) is 5.56 Å². The second-order valence-corrected chi connectivity index (χ2v) is 5.84. The summed E-state index contributed by atoms with van der Waals surface area (Å²) in [5, 5.41) is 0. The minimum Gasteiger partial charge on any atom is -0.166 e. The van der Waals surface area contributed by atoms with E-state index >= 15 is 0 Å². The van der Waals surface area contributed by atoms with Gasteiger partial charge in [-0.2, -0.15) is 13.2 Å². The summed E-state index contributed by atoms with van der Waals surface area (Å²) in [6.45, 7) is 0. The van der Waals surface area contributed by atoms with Gasteiger partial charge in [0.15, 0.2) is 0 Å². The zero-order chi connectivity index (χ0) is 12.5. The van der Waals surface area contributed by atoms with Crippen LogP contribution in [0.1, 0.15) is 42.7 Å². The largest absolute Gasteiger partial charge is 0.416 e. The lowest BCUT2D eigenvalue weighted by molar-refractivity contribution is -0.138. The van der Waals surface area contributed by atoms with Crippen molar-refractivity contribution in [2.75, 3.05) is 0 Å². The Hall–Kier alpha value is -0.510. The molecule has 1 aromatic carbocycles. The Balaban J connectivity index is 2.31. The topological polar surface area (TPSA) is 0 Å². The fourth-order valence-corrected chi connectivity index (χ4v) is 3.30. The highest BCUT2D eigenvalue weighted by atomic mass is 79.9. The Kier molecular flexibility index (Phi) is 3.81. The number of halogens is 4. The van der Waals surface area contributed by atoms with Crippen LogP contribution in [0.25, 0.3) is 0 Å². The SMILES string of the molecule is FC(F)(F)c1ccccc1C1CCCC(Br)C1. The number of hydrogen-bond donors (Lipinski definition) is 0. The molecule has 2 unspecified atom stereocenters. The quantitative estimate of drug-likeness (QED) is 0.631. The third-order valence-electron chi connectivity index (χ3n) is 3.32. The summed E-state index contributed by atoms with van der Waals surface area (Å²) in [4.78, 5) is 0.350. The molecule has 1 aliphatic rings. The molecule has 0 heterocycles. The molecule has 0 bridgehead atoms. The second-order valence-electron chi connectivity index (χ2n) is 4.55. The molecule has 17 heavy (non-hydrogen) atoms. The van der Waals surface area contributed by atoms with Crippen LogP contribution in [0, 0.1) is 0 Å². The lowest BCUT2D eigenvalue weighted by Crippen LogP contribution is -2.18. The number of benzene rings is 1. The van der Waals surface area contributed by atoms with Gasteiger partial charge < -0.3 is 0 Å². The lowest BCUT2D eigenvalue weighted by atomic mass is 9.82. The van der Waals surface area contributed by atoms with Crippen LogP contribution in [0.15, 0.2) is 24.3 Å². The lowest BCUT2D eigenvalue weighted by Gasteiger charge is -2.28. The van der Waals surface area contributed by atoms with Gasteiger partial charge in [-0.25, -0.2) is 0 Å². The molecule has 0 aliphatic heterocycles. The van der Waals surface area contributed by atoms with Crippen LogP contribution in [0.2, 0.25) is 0 Å². The molecule has 94 valence electrons. The minimum absolute atomic E-state index is 0.0333. The van der Waals surface area contributed by atoms with E-state index in [9.17, 15) is 13.2 Å². The van der Waals surface area contributed by atoms with E-state index in [1.807, 2.05) is 0 Å². The summed E-state index contributed by atoms with van der Waals surface area (Å²) in [7, 11) is 0. The van der Waals surface area contributed by atoms with Gasteiger partial charge in [-0.1, -0.05) is 40.5 Å². The van der Waals surface area contributed by atoms with Gasteiger partial charge in [0, 0.05) is 4.83 Å². The molecular weight excluding hydrogens is 293 g/mol. The van der Waals surface area contributed by atoms with Crippen molar-refractivity contribution in [1.29, 1.82) is 0 Å². The first-order chi connectivity index (χ1) is 7.98. The van der Waals surface area contributed by atoms with Crippen molar-refractivity contribution in [3.8, 4) is 0 Å². The van der Waals surface area contributed by atoms with Gasteiger partial charge in [-0.05, 0) is 36.8 Å². The van der Waals surface area contributed by atoms with E-state index < -0.39 is 11.7 Å². The van der Waals surface area contributed by atoms with Gasteiger partial charge in [-0.3, -0.25) is 0 Å². The summed E-state index contributed by atoms with van der Waals surface area (Å²) in [5.74, 6) is 0.0333. The second kappa shape index (κ2) is 5.01. The predicted molar refractivity (Wildman–Crippen MR) is 65.4 cm³/mol. The van der Waals surface area contributed by atoms with Crippen molar-refractivity contribution in [1.82, 2.24) is 0 Å². The summed E-state index contributed by atoms with van der Waals surface area (Å²) < 4.78 is 38.7. The van der Waals surface area contributed by atoms with Gasteiger partial charge in [-0.15, -0.1) is 0 Å². The molecule has 1 aromatic rings. The normalized spacial score (nSPS) is 25.9. The van der Waals surface area contributed by atoms with E-state index in [1.54, 1.807) is 12.1 Å². The van der Waals surface area contributed by atoms with Crippen LogP contribution in [-0.4, -0.2) is 4.83 Å². The van der Waals surface area contributed by atoms with Crippen LogP contribution < -0.4 is 0 Å². The van der Waals surface area contributed by atoms with Gasteiger partial charge in [0.2, 0.25) is 0 Å². The highest BCUT2D eigenvalue weighted by molar-refractivity contribution is 9.09.